The first kappa shape index (κ1) is 15.2. The SMILES string of the molecule is CNC(=O)c1ccc(C)c(NC(=O)c2cncc(Br)c2)c1. The van der Waals surface area contributed by atoms with Gasteiger partial charge in [-0.3, -0.25) is 14.6 Å². The summed E-state index contributed by atoms with van der Waals surface area (Å²) in [6.07, 6.45) is 3.09. The summed E-state index contributed by atoms with van der Waals surface area (Å²) in [4.78, 5) is 27.8. The van der Waals surface area contributed by atoms with Gasteiger partial charge in [0.1, 0.15) is 0 Å². The summed E-state index contributed by atoms with van der Waals surface area (Å²) in [6, 6.07) is 6.83. The van der Waals surface area contributed by atoms with Gasteiger partial charge in [0.25, 0.3) is 11.8 Å². The lowest BCUT2D eigenvalue weighted by atomic mass is 10.1. The van der Waals surface area contributed by atoms with Gasteiger partial charge in [0.15, 0.2) is 0 Å². The standard InChI is InChI=1S/C15H14BrN3O2/c1-9-3-4-10(14(20)17-2)6-13(9)19-15(21)11-5-12(16)8-18-7-11/h3-8H,1-2H3,(H,17,20)(H,19,21). The lowest BCUT2D eigenvalue weighted by Crippen LogP contribution is -2.19. The Morgan fingerprint density at radius 1 is 1.10 bits per heavy atom. The minimum atomic E-state index is -0.277. The van der Waals surface area contributed by atoms with Crippen LogP contribution >= 0.6 is 15.9 Å². The number of pyridine rings is 1. The first-order valence-corrected chi connectivity index (χ1v) is 7.05. The molecule has 0 radical (unpaired) electrons. The number of hydrogen-bond acceptors (Lipinski definition) is 3. The molecule has 2 amide bonds. The fourth-order valence-electron chi connectivity index (χ4n) is 1.77. The first-order valence-electron chi connectivity index (χ1n) is 6.26. The Morgan fingerprint density at radius 3 is 2.52 bits per heavy atom. The van der Waals surface area contributed by atoms with E-state index in [0.29, 0.717) is 16.8 Å². The average Bonchev–Trinajstić information content (AvgIpc) is 2.48. The smallest absolute Gasteiger partial charge is 0.257 e. The predicted molar refractivity (Wildman–Crippen MR) is 84.5 cm³/mol. The molecule has 0 aliphatic heterocycles. The van der Waals surface area contributed by atoms with Gasteiger partial charge in [-0.15, -0.1) is 0 Å². The number of carbonyl (C=O) groups is 2. The Kier molecular flexibility index (Phi) is 4.70. The van der Waals surface area contributed by atoms with Crippen molar-refractivity contribution < 1.29 is 9.59 Å². The molecular formula is C15H14BrN3O2. The minimum Gasteiger partial charge on any atom is -0.355 e. The van der Waals surface area contributed by atoms with Crippen LogP contribution in [0, 0.1) is 6.92 Å². The second-order valence-corrected chi connectivity index (χ2v) is 5.37. The fraction of sp³-hybridized carbons (Fsp3) is 0.133. The molecule has 1 aromatic carbocycles. The van der Waals surface area contributed by atoms with Crippen LogP contribution in [0.3, 0.4) is 0 Å². The minimum absolute atomic E-state index is 0.199. The third kappa shape index (κ3) is 3.66. The molecule has 0 fully saturated rings. The van der Waals surface area contributed by atoms with Crippen molar-refractivity contribution >= 4 is 33.4 Å². The molecule has 2 N–H and O–H groups in total. The van der Waals surface area contributed by atoms with E-state index in [1.165, 1.54) is 6.20 Å². The quantitative estimate of drug-likeness (QED) is 0.896. The van der Waals surface area contributed by atoms with E-state index < -0.39 is 0 Å². The van der Waals surface area contributed by atoms with Gasteiger partial charge in [-0.25, -0.2) is 0 Å². The van der Waals surface area contributed by atoms with Gasteiger partial charge < -0.3 is 10.6 Å². The van der Waals surface area contributed by atoms with Gasteiger partial charge in [-0.2, -0.15) is 0 Å². The maximum Gasteiger partial charge on any atom is 0.257 e. The molecule has 0 saturated heterocycles. The van der Waals surface area contributed by atoms with Crippen LogP contribution in [0.15, 0.2) is 41.1 Å². The van der Waals surface area contributed by atoms with E-state index in [2.05, 4.69) is 31.5 Å². The summed E-state index contributed by atoms with van der Waals surface area (Å²) < 4.78 is 0.728. The summed E-state index contributed by atoms with van der Waals surface area (Å²) in [5.41, 5.74) is 2.40. The number of halogens is 1. The number of nitrogens with one attached hydrogen (secondary N) is 2. The highest BCUT2D eigenvalue weighted by atomic mass is 79.9. The van der Waals surface area contributed by atoms with E-state index in [1.54, 1.807) is 37.5 Å². The number of aromatic nitrogens is 1. The normalized spacial score (nSPS) is 10.0. The number of aryl methyl sites for hydroxylation is 1. The number of amides is 2. The van der Waals surface area contributed by atoms with Crippen molar-refractivity contribution in [3.63, 3.8) is 0 Å². The second kappa shape index (κ2) is 6.49. The molecule has 0 unspecified atom stereocenters. The van der Waals surface area contributed by atoms with Crippen LogP contribution in [0.1, 0.15) is 26.3 Å². The molecule has 0 bridgehead atoms. The molecule has 108 valence electrons. The molecule has 0 atom stereocenters. The third-order valence-corrected chi connectivity index (χ3v) is 3.38. The van der Waals surface area contributed by atoms with Gasteiger partial charge in [-0.1, -0.05) is 6.07 Å². The Hall–Kier alpha value is -2.21. The van der Waals surface area contributed by atoms with Crippen LogP contribution < -0.4 is 10.6 Å². The second-order valence-electron chi connectivity index (χ2n) is 4.45. The lowest BCUT2D eigenvalue weighted by Gasteiger charge is -2.10. The molecule has 6 heteroatoms. The largest absolute Gasteiger partial charge is 0.355 e. The molecular weight excluding hydrogens is 334 g/mol. The summed E-state index contributed by atoms with van der Waals surface area (Å²) >= 11 is 3.27. The summed E-state index contributed by atoms with van der Waals surface area (Å²) in [7, 11) is 1.56. The highest BCUT2D eigenvalue weighted by molar-refractivity contribution is 9.10. The zero-order valence-corrected chi connectivity index (χ0v) is 13.2. The number of rotatable bonds is 3. The average molecular weight is 348 g/mol. The maximum atomic E-state index is 12.2. The van der Waals surface area contributed by atoms with Gasteiger partial charge in [0.2, 0.25) is 0 Å². The van der Waals surface area contributed by atoms with Gasteiger partial charge in [0.05, 0.1) is 5.56 Å². The molecule has 0 spiro atoms. The van der Waals surface area contributed by atoms with Crippen LogP contribution in [0.25, 0.3) is 0 Å². The molecule has 5 nitrogen and oxygen atoms in total. The van der Waals surface area contributed by atoms with Gasteiger partial charge in [0, 0.05) is 35.2 Å². The maximum absolute atomic E-state index is 12.2. The van der Waals surface area contributed by atoms with E-state index in [9.17, 15) is 9.59 Å². The number of benzene rings is 1. The molecule has 2 aromatic rings. The topological polar surface area (TPSA) is 71.1 Å². The first-order chi connectivity index (χ1) is 10.0. The van der Waals surface area contributed by atoms with Crippen LogP contribution in [0.5, 0.6) is 0 Å². The van der Waals surface area contributed by atoms with E-state index in [4.69, 9.17) is 0 Å². The lowest BCUT2D eigenvalue weighted by molar-refractivity contribution is 0.0961. The van der Waals surface area contributed by atoms with Gasteiger partial charge >= 0.3 is 0 Å². The number of carbonyl (C=O) groups excluding carboxylic acids is 2. The Balaban J connectivity index is 2.26. The zero-order chi connectivity index (χ0) is 15.4. The van der Waals surface area contributed by atoms with E-state index in [0.717, 1.165) is 10.0 Å². The van der Waals surface area contributed by atoms with Crippen LogP contribution in [-0.2, 0) is 0 Å². The van der Waals surface area contributed by atoms with Crippen molar-refractivity contribution in [3.05, 3.63) is 57.8 Å². The fourth-order valence-corrected chi connectivity index (χ4v) is 2.14. The van der Waals surface area contributed by atoms with Crippen molar-refractivity contribution in [1.82, 2.24) is 10.3 Å². The highest BCUT2D eigenvalue weighted by Gasteiger charge is 2.11. The highest BCUT2D eigenvalue weighted by Crippen LogP contribution is 2.18. The zero-order valence-electron chi connectivity index (χ0n) is 11.6. The van der Waals surface area contributed by atoms with Crippen LogP contribution in [-0.4, -0.2) is 23.8 Å². The van der Waals surface area contributed by atoms with Crippen molar-refractivity contribution in [1.29, 1.82) is 0 Å². The Morgan fingerprint density at radius 2 is 1.86 bits per heavy atom. The monoisotopic (exact) mass is 347 g/mol. The number of anilines is 1. The molecule has 0 saturated carbocycles. The number of nitrogens with zero attached hydrogens (tertiary/aromatic N) is 1. The molecule has 0 aliphatic rings. The van der Waals surface area contributed by atoms with Crippen molar-refractivity contribution in [2.75, 3.05) is 12.4 Å². The van der Waals surface area contributed by atoms with Crippen LogP contribution in [0.4, 0.5) is 5.69 Å². The third-order valence-electron chi connectivity index (χ3n) is 2.94. The van der Waals surface area contributed by atoms with E-state index >= 15 is 0 Å². The van der Waals surface area contributed by atoms with Gasteiger partial charge in [-0.05, 0) is 46.6 Å². The van der Waals surface area contributed by atoms with Crippen molar-refractivity contribution in [2.24, 2.45) is 0 Å². The predicted octanol–water partition coefficient (Wildman–Crippen LogP) is 2.76. The van der Waals surface area contributed by atoms with Crippen LogP contribution in [0.2, 0.25) is 0 Å². The molecule has 1 heterocycles. The van der Waals surface area contributed by atoms with Crippen molar-refractivity contribution in [3.8, 4) is 0 Å². The molecule has 2 rings (SSSR count). The Labute approximate surface area is 130 Å². The summed E-state index contributed by atoms with van der Waals surface area (Å²) in [5.74, 6) is -0.476. The number of hydrogen-bond donors (Lipinski definition) is 2. The summed E-state index contributed by atoms with van der Waals surface area (Å²) in [5, 5.41) is 5.35. The van der Waals surface area contributed by atoms with E-state index in [1.807, 2.05) is 6.92 Å². The molecule has 1 aromatic heterocycles. The Bertz CT molecular complexity index is 701. The van der Waals surface area contributed by atoms with Crippen molar-refractivity contribution in [2.45, 2.75) is 6.92 Å². The molecule has 0 aliphatic carbocycles. The van der Waals surface area contributed by atoms with E-state index in [-0.39, 0.29) is 11.8 Å². The molecule has 21 heavy (non-hydrogen) atoms. The summed E-state index contributed by atoms with van der Waals surface area (Å²) in [6.45, 7) is 1.86.